The van der Waals surface area contributed by atoms with E-state index in [1.54, 1.807) is 12.1 Å². The number of carboxylic acids is 2. The summed E-state index contributed by atoms with van der Waals surface area (Å²) < 4.78 is 0. The van der Waals surface area contributed by atoms with Crippen molar-refractivity contribution in [2.45, 2.75) is 56.8 Å². The highest BCUT2D eigenvalue weighted by Crippen LogP contribution is 2.19. The molecule has 2 rings (SSSR count). The molecule has 0 spiro atoms. The number of nitrogens with zero attached hydrogens (tertiary/aromatic N) is 1. The number of hydrogen-bond donors (Lipinski definition) is 6. The van der Waals surface area contributed by atoms with Gasteiger partial charge in [-0.15, -0.1) is 0 Å². The van der Waals surface area contributed by atoms with Crippen molar-refractivity contribution in [2.75, 3.05) is 6.54 Å². The number of carboxylic acid groups (broad SMARTS) is 2. The lowest BCUT2D eigenvalue weighted by molar-refractivity contribution is -0.148. The number of nitrogens with two attached hydrogens (primary N) is 1. The molecule has 1 aromatic carbocycles. The van der Waals surface area contributed by atoms with Crippen LogP contribution in [0.15, 0.2) is 24.3 Å². The van der Waals surface area contributed by atoms with Gasteiger partial charge < -0.3 is 36.6 Å². The molecule has 12 heteroatoms. The van der Waals surface area contributed by atoms with Crippen LogP contribution in [0.5, 0.6) is 5.75 Å². The molecule has 3 amide bonds. The summed E-state index contributed by atoms with van der Waals surface area (Å²) in [5, 5.41) is 31.9. The SMILES string of the molecule is CC(NC(=O)C(N)Cc1ccc(O)cc1)C(=O)N1CCCC1C(=O)NC(CC(=O)O)C(=O)O. The molecule has 4 unspecified atom stereocenters. The number of nitrogens with one attached hydrogen (secondary N) is 2. The average Bonchev–Trinajstić information content (AvgIpc) is 3.23. The van der Waals surface area contributed by atoms with Gasteiger partial charge in [0.05, 0.1) is 12.5 Å². The normalized spacial score (nSPS) is 18.1. The number of carbonyl (C=O) groups is 5. The van der Waals surface area contributed by atoms with E-state index in [-0.39, 0.29) is 25.1 Å². The molecule has 0 aliphatic carbocycles. The summed E-state index contributed by atoms with van der Waals surface area (Å²) in [5.74, 6) is -4.68. The van der Waals surface area contributed by atoms with E-state index < -0.39 is 60.2 Å². The van der Waals surface area contributed by atoms with Crippen molar-refractivity contribution in [1.29, 1.82) is 0 Å². The molecule has 1 saturated heterocycles. The van der Waals surface area contributed by atoms with Crippen molar-refractivity contribution in [1.82, 2.24) is 15.5 Å². The van der Waals surface area contributed by atoms with Gasteiger partial charge in [-0.05, 0) is 43.9 Å². The number of aromatic hydroxyl groups is 1. The number of likely N-dealkylation sites (tertiary alicyclic amines) is 1. The first-order valence-electron chi connectivity index (χ1n) is 10.4. The van der Waals surface area contributed by atoms with Crippen LogP contribution >= 0.6 is 0 Å². The van der Waals surface area contributed by atoms with E-state index in [0.717, 1.165) is 5.56 Å². The molecule has 4 atom stereocenters. The number of rotatable bonds is 10. The topological polar surface area (TPSA) is 199 Å². The van der Waals surface area contributed by atoms with Crippen LogP contribution < -0.4 is 16.4 Å². The molecule has 7 N–H and O–H groups in total. The fourth-order valence-corrected chi connectivity index (χ4v) is 3.56. The highest BCUT2D eigenvalue weighted by molar-refractivity contribution is 5.94. The van der Waals surface area contributed by atoms with Crippen LogP contribution in [0.1, 0.15) is 31.7 Å². The van der Waals surface area contributed by atoms with Crippen LogP contribution in [0, 0.1) is 0 Å². The lowest BCUT2D eigenvalue weighted by atomic mass is 10.1. The second kappa shape index (κ2) is 11.3. The molecule has 1 heterocycles. The first-order chi connectivity index (χ1) is 15.5. The maximum Gasteiger partial charge on any atom is 0.326 e. The first-order valence-corrected chi connectivity index (χ1v) is 10.4. The lowest BCUT2D eigenvalue weighted by Crippen LogP contribution is -2.56. The van der Waals surface area contributed by atoms with E-state index in [0.29, 0.717) is 6.42 Å². The van der Waals surface area contributed by atoms with Crippen LogP contribution in [0.2, 0.25) is 0 Å². The molecule has 180 valence electrons. The van der Waals surface area contributed by atoms with Crippen molar-refractivity contribution in [3.63, 3.8) is 0 Å². The Morgan fingerprint density at radius 2 is 1.76 bits per heavy atom. The van der Waals surface area contributed by atoms with Gasteiger partial charge in [0.2, 0.25) is 17.7 Å². The van der Waals surface area contributed by atoms with E-state index in [1.165, 1.54) is 24.0 Å². The largest absolute Gasteiger partial charge is 0.508 e. The van der Waals surface area contributed by atoms with Crippen molar-refractivity contribution < 1.29 is 39.3 Å². The Bertz CT molecular complexity index is 904. The summed E-state index contributed by atoms with van der Waals surface area (Å²) in [6.45, 7) is 1.68. The third kappa shape index (κ3) is 7.17. The standard InChI is InChI=1S/C21H28N4O8/c1-11(23-18(29)14(22)9-12-4-6-13(26)7-5-12)20(31)25-8-2-3-16(25)19(30)24-15(21(32)33)10-17(27)28/h4-7,11,14-16,26H,2-3,8-10,22H2,1H3,(H,23,29)(H,24,30)(H,27,28)(H,32,33). The van der Waals surface area contributed by atoms with Crippen molar-refractivity contribution in [2.24, 2.45) is 5.73 Å². The third-order valence-electron chi connectivity index (χ3n) is 5.29. The molecule has 12 nitrogen and oxygen atoms in total. The maximum absolute atomic E-state index is 12.9. The molecule has 1 aromatic rings. The lowest BCUT2D eigenvalue weighted by Gasteiger charge is -2.28. The minimum Gasteiger partial charge on any atom is -0.508 e. The highest BCUT2D eigenvalue weighted by atomic mass is 16.4. The third-order valence-corrected chi connectivity index (χ3v) is 5.29. The Balaban J connectivity index is 1.96. The zero-order chi connectivity index (χ0) is 24.7. The fraction of sp³-hybridized carbons (Fsp3) is 0.476. The van der Waals surface area contributed by atoms with E-state index in [1.807, 2.05) is 0 Å². The zero-order valence-corrected chi connectivity index (χ0v) is 18.1. The molecule has 33 heavy (non-hydrogen) atoms. The van der Waals surface area contributed by atoms with Gasteiger partial charge in [-0.2, -0.15) is 0 Å². The molecular formula is C21H28N4O8. The molecule has 1 aliphatic heterocycles. The average molecular weight is 464 g/mol. The van der Waals surface area contributed by atoms with Gasteiger partial charge in [0.25, 0.3) is 0 Å². The number of carbonyl (C=O) groups excluding carboxylic acids is 3. The molecule has 0 radical (unpaired) electrons. The van der Waals surface area contributed by atoms with Crippen LogP contribution in [0.25, 0.3) is 0 Å². The minimum atomic E-state index is -1.62. The second-order valence-corrected chi connectivity index (χ2v) is 7.89. The predicted molar refractivity (Wildman–Crippen MR) is 114 cm³/mol. The molecule has 1 fully saturated rings. The van der Waals surface area contributed by atoms with Crippen LogP contribution in [-0.2, 0) is 30.4 Å². The van der Waals surface area contributed by atoms with E-state index >= 15 is 0 Å². The smallest absolute Gasteiger partial charge is 0.326 e. The zero-order valence-electron chi connectivity index (χ0n) is 18.1. The van der Waals surface area contributed by atoms with Gasteiger partial charge in [0.15, 0.2) is 0 Å². The summed E-state index contributed by atoms with van der Waals surface area (Å²) in [6.07, 6.45) is 0.147. The van der Waals surface area contributed by atoms with Gasteiger partial charge in [-0.25, -0.2) is 4.79 Å². The Kier molecular flexibility index (Phi) is 8.74. The number of phenolic OH excluding ortho intramolecular Hbond substituents is 1. The van der Waals surface area contributed by atoms with E-state index in [4.69, 9.17) is 15.9 Å². The maximum atomic E-state index is 12.9. The monoisotopic (exact) mass is 464 g/mol. The van der Waals surface area contributed by atoms with Crippen molar-refractivity contribution >= 4 is 29.7 Å². The quantitative estimate of drug-likeness (QED) is 0.246. The Labute approximate surface area is 189 Å². The fourth-order valence-electron chi connectivity index (χ4n) is 3.56. The number of amides is 3. The van der Waals surface area contributed by atoms with Crippen molar-refractivity contribution in [3.05, 3.63) is 29.8 Å². The number of benzene rings is 1. The van der Waals surface area contributed by atoms with Gasteiger partial charge in [0.1, 0.15) is 23.9 Å². The number of hydrogen-bond acceptors (Lipinski definition) is 7. The van der Waals surface area contributed by atoms with Crippen LogP contribution in [0.4, 0.5) is 0 Å². The predicted octanol–water partition coefficient (Wildman–Crippen LogP) is -1.20. The molecule has 0 bridgehead atoms. The van der Waals surface area contributed by atoms with Gasteiger partial charge in [-0.3, -0.25) is 19.2 Å². The number of aliphatic carboxylic acids is 2. The Morgan fingerprint density at radius 3 is 2.33 bits per heavy atom. The molecule has 0 saturated carbocycles. The van der Waals surface area contributed by atoms with Crippen LogP contribution in [0.3, 0.4) is 0 Å². The summed E-state index contributed by atoms with van der Waals surface area (Å²) in [5.41, 5.74) is 6.64. The van der Waals surface area contributed by atoms with Gasteiger partial charge in [-0.1, -0.05) is 12.1 Å². The minimum absolute atomic E-state index is 0.0813. The summed E-state index contributed by atoms with van der Waals surface area (Å²) in [6, 6.07) is 1.64. The first kappa shape index (κ1) is 25.6. The molecule has 1 aliphatic rings. The highest BCUT2D eigenvalue weighted by Gasteiger charge is 2.38. The Morgan fingerprint density at radius 1 is 1.12 bits per heavy atom. The van der Waals surface area contributed by atoms with Gasteiger partial charge >= 0.3 is 11.9 Å². The number of phenols is 1. The van der Waals surface area contributed by atoms with E-state index in [9.17, 15) is 29.1 Å². The summed E-state index contributed by atoms with van der Waals surface area (Å²) in [4.78, 5) is 61.1. The van der Waals surface area contributed by atoms with Crippen molar-refractivity contribution in [3.8, 4) is 5.75 Å². The summed E-state index contributed by atoms with van der Waals surface area (Å²) >= 11 is 0. The van der Waals surface area contributed by atoms with Crippen LogP contribution in [-0.4, -0.2) is 80.6 Å². The Hall–Kier alpha value is -3.67. The van der Waals surface area contributed by atoms with E-state index in [2.05, 4.69) is 10.6 Å². The summed E-state index contributed by atoms with van der Waals surface area (Å²) in [7, 11) is 0. The molecular weight excluding hydrogens is 436 g/mol. The second-order valence-electron chi connectivity index (χ2n) is 7.89. The van der Waals surface area contributed by atoms with Gasteiger partial charge in [0, 0.05) is 6.54 Å². The molecule has 0 aromatic heterocycles.